The SMILES string of the molecule is CN1CCCC(N(C)CCC2CC3CCC(C2)N3)C1. The molecule has 3 heterocycles. The number of piperidine rings is 2. The van der Waals surface area contributed by atoms with Crippen LogP contribution in [-0.2, 0) is 0 Å². The molecule has 0 radical (unpaired) electrons. The largest absolute Gasteiger partial charge is 0.311 e. The Morgan fingerprint density at radius 2 is 1.89 bits per heavy atom. The molecule has 0 saturated carbocycles. The Labute approximate surface area is 118 Å². The van der Waals surface area contributed by atoms with Crippen LogP contribution in [0.15, 0.2) is 0 Å². The zero-order valence-electron chi connectivity index (χ0n) is 12.8. The molecular weight excluding hydrogens is 234 g/mol. The van der Waals surface area contributed by atoms with Gasteiger partial charge in [0.05, 0.1) is 0 Å². The maximum Gasteiger partial charge on any atom is 0.0220 e. The third kappa shape index (κ3) is 3.50. The summed E-state index contributed by atoms with van der Waals surface area (Å²) in [5, 5.41) is 3.76. The van der Waals surface area contributed by atoms with Gasteiger partial charge in [-0.2, -0.15) is 0 Å². The fourth-order valence-electron chi connectivity index (χ4n) is 4.48. The van der Waals surface area contributed by atoms with Crippen LogP contribution in [0.5, 0.6) is 0 Å². The van der Waals surface area contributed by atoms with Crippen molar-refractivity contribution in [3.05, 3.63) is 0 Å². The predicted molar refractivity (Wildman–Crippen MR) is 80.4 cm³/mol. The van der Waals surface area contributed by atoms with Crippen molar-refractivity contribution in [3.8, 4) is 0 Å². The first-order valence-electron chi connectivity index (χ1n) is 8.35. The highest BCUT2D eigenvalue weighted by atomic mass is 15.2. The van der Waals surface area contributed by atoms with Crippen LogP contribution >= 0.6 is 0 Å². The minimum absolute atomic E-state index is 0.803. The van der Waals surface area contributed by atoms with E-state index in [0.717, 1.165) is 24.0 Å². The highest BCUT2D eigenvalue weighted by molar-refractivity contribution is 4.92. The molecule has 3 aliphatic rings. The van der Waals surface area contributed by atoms with Gasteiger partial charge in [0, 0.05) is 24.7 Å². The van der Waals surface area contributed by atoms with E-state index in [4.69, 9.17) is 0 Å². The first-order valence-corrected chi connectivity index (χ1v) is 8.35. The van der Waals surface area contributed by atoms with Crippen LogP contribution in [0.4, 0.5) is 0 Å². The lowest BCUT2D eigenvalue weighted by Crippen LogP contribution is -2.46. The fourth-order valence-corrected chi connectivity index (χ4v) is 4.48. The highest BCUT2D eigenvalue weighted by Crippen LogP contribution is 2.32. The number of likely N-dealkylation sites (tertiary alicyclic amines) is 1. The minimum Gasteiger partial charge on any atom is -0.311 e. The molecule has 0 aromatic heterocycles. The number of hydrogen-bond acceptors (Lipinski definition) is 3. The summed E-state index contributed by atoms with van der Waals surface area (Å²) < 4.78 is 0. The molecular formula is C16H31N3. The molecule has 0 aromatic rings. The number of likely N-dealkylation sites (N-methyl/N-ethyl adjacent to an activating group) is 2. The number of nitrogens with one attached hydrogen (secondary N) is 1. The first-order chi connectivity index (χ1) is 9.20. The molecule has 2 bridgehead atoms. The number of hydrogen-bond donors (Lipinski definition) is 1. The van der Waals surface area contributed by atoms with Crippen molar-refractivity contribution >= 4 is 0 Å². The molecule has 1 N–H and O–H groups in total. The standard InChI is InChI=1S/C16H31N3/c1-18-8-3-4-16(12-18)19(2)9-7-13-10-14-5-6-15(11-13)17-14/h13-17H,3-12H2,1-2H3. The van der Waals surface area contributed by atoms with Gasteiger partial charge in [0.2, 0.25) is 0 Å². The van der Waals surface area contributed by atoms with E-state index >= 15 is 0 Å². The van der Waals surface area contributed by atoms with E-state index in [-0.39, 0.29) is 0 Å². The quantitative estimate of drug-likeness (QED) is 0.838. The fraction of sp³-hybridized carbons (Fsp3) is 1.00. The molecule has 0 amide bonds. The van der Waals surface area contributed by atoms with Gasteiger partial charge in [0.15, 0.2) is 0 Å². The molecule has 3 heteroatoms. The summed E-state index contributed by atoms with van der Waals surface area (Å²) in [6.07, 6.45) is 9.95. The number of fused-ring (bicyclic) bond motifs is 2. The Morgan fingerprint density at radius 3 is 2.58 bits per heavy atom. The van der Waals surface area contributed by atoms with E-state index in [9.17, 15) is 0 Å². The Bertz CT molecular complexity index is 282. The van der Waals surface area contributed by atoms with Crippen LogP contribution in [-0.4, -0.2) is 61.7 Å². The lowest BCUT2D eigenvalue weighted by atomic mass is 9.89. The zero-order chi connectivity index (χ0) is 13.2. The summed E-state index contributed by atoms with van der Waals surface area (Å²) in [6, 6.07) is 2.52. The summed E-state index contributed by atoms with van der Waals surface area (Å²) in [7, 11) is 4.62. The van der Waals surface area contributed by atoms with Crippen LogP contribution < -0.4 is 5.32 Å². The number of nitrogens with zero attached hydrogens (tertiary/aromatic N) is 2. The van der Waals surface area contributed by atoms with Crippen LogP contribution in [0.1, 0.15) is 44.9 Å². The van der Waals surface area contributed by atoms with Gasteiger partial charge in [0.1, 0.15) is 0 Å². The first kappa shape index (κ1) is 13.8. The van der Waals surface area contributed by atoms with Gasteiger partial charge >= 0.3 is 0 Å². The smallest absolute Gasteiger partial charge is 0.0220 e. The lowest BCUT2D eigenvalue weighted by molar-refractivity contribution is 0.124. The molecule has 3 rings (SSSR count). The Kier molecular flexibility index (Phi) is 4.45. The molecule has 3 atom stereocenters. The predicted octanol–water partition coefficient (Wildman–Crippen LogP) is 1.93. The second kappa shape index (κ2) is 6.11. The molecule has 0 aliphatic carbocycles. The van der Waals surface area contributed by atoms with Crippen molar-refractivity contribution in [3.63, 3.8) is 0 Å². The van der Waals surface area contributed by atoms with Crippen molar-refractivity contribution in [1.82, 2.24) is 15.1 Å². The van der Waals surface area contributed by atoms with E-state index in [1.807, 2.05) is 0 Å². The van der Waals surface area contributed by atoms with E-state index in [2.05, 4.69) is 29.2 Å². The Hall–Kier alpha value is -0.120. The van der Waals surface area contributed by atoms with E-state index in [1.165, 1.54) is 64.6 Å². The van der Waals surface area contributed by atoms with Crippen LogP contribution in [0, 0.1) is 5.92 Å². The van der Waals surface area contributed by atoms with Gasteiger partial charge in [-0.15, -0.1) is 0 Å². The van der Waals surface area contributed by atoms with Crippen LogP contribution in [0.2, 0.25) is 0 Å². The third-order valence-electron chi connectivity index (χ3n) is 5.68. The minimum atomic E-state index is 0.803. The van der Waals surface area contributed by atoms with Gasteiger partial charge in [-0.05, 0) is 78.0 Å². The molecule has 3 fully saturated rings. The molecule has 3 saturated heterocycles. The van der Waals surface area contributed by atoms with Gasteiger partial charge in [-0.1, -0.05) is 0 Å². The summed E-state index contributed by atoms with van der Waals surface area (Å²) in [4.78, 5) is 5.13. The molecule has 3 unspecified atom stereocenters. The molecule has 0 spiro atoms. The second-order valence-corrected chi connectivity index (χ2v) is 7.30. The maximum atomic E-state index is 3.76. The molecule has 110 valence electrons. The monoisotopic (exact) mass is 265 g/mol. The molecule has 19 heavy (non-hydrogen) atoms. The third-order valence-corrected chi connectivity index (χ3v) is 5.68. The summed E-state index contributed by atoms with van der Waals surface area (Å²) in [5.74, 6) is 0.988. The van der Waals surface area contributed by atoms with Crippen molar-refractivity contribution in [2.75, 3.05) is 33.7 Å². The van der Waals surface area contributed by atoms with E-state index < -0.39 is 0 Å². The summed E-state index contributed by atoms with van der Waals surface area (Å²) in [5.41, 5.74) is 0. The van der Waals surface area contributed by atoms with Gasteiger partial charge in [-0.25, -0.2) is 0 Å². The van der Waals surface area contributed by atoms with Gasteiger partial charge < -0.3 is 15.1 Å². The van der Waals surface area contributed by atoms with E-state index in [1.54, 1.807) is 0 Å². The summed E-state index contributed by atoms with van der Waals surface area (Å²) in [6.45, 7) is 3.87. The summed E-state index contributed by atoms with van der Waals surface area (Å²) >= 11 is 0. The normalized spacial score (nSPS) is 39.9. The highest BCUT2D eigenvalue weighted by Gasteiger charge is 2.33. The van der Waals surface area contributed by atoms with Crippen molar-refractivity contribution in [2.24, 2.45) is 5.92 Å². The lowest BCUT2D eigenvalue weighted by Gasteiger charge is -2.37. The van der Waals surface area contributed by atoms with Crippen molar-refractivity contribution < 1.29 is 0 Å². The molecule has 0 aromatic carbocycles. The number of rotatable bonds is 4. The molecule has 3 aliphatic heterocycles. The topological polar surface area (TPSA) is 18.5 Å². The van der Waals surface area contributed by atoms with Crippen molar-refractivity contribution in [1.29, 1.82) is 0 Å². The average Bonchev–Trinajstić information content (AvgIpc) is 2.75. The Morgan fingerprint density at radius 1 is 1.16 bits per heavy atom. The average molecular weight is 265 g/mol. The maximum absolute atomic E-state index is 3.76. The van der Waals surface area contributed by atoms with Crippen LogP contribution in [0.25, 0.3) is 0 Å². The van der Waals surface area contributed by atoms with Gasteiger partial charge in [0.25, 0.3) is 0 Å². The zero-order valence-corrected chi connectivity index (χ0v) is 12.8. The Balaban J connectivity index is 1.41. The molecule has 3 nitrogen and oxygen atoms in total. The second-order valence-electron chi connectivity index (χ2n) is 7.30. The van der Waals surface area contributed by atoms with Gasteiger partial charge in [-0.3, -0.25) is 0 Å². The van der Waals surface area contributed by atoms with E-state index in [0.29, 0.717) is 0 Å². The van der Waals surface area contributed by atoms with Crippen LogP contribution in [0.3, 0.4) is 0 Å². The van der Waals surface area contributed by atoms with Crippen molar-refractivity contribution in [2.45, 2.75) is 63.1 Å².